The Hall–Kier alpha value is -3.68. The van der Waals surface area contributed by atoms with E-state index in [0.29, 0.717) is 22.0 Å². The molecule has 0 saturated carbocycles. The number of halogens is 4. The maximum absolute atomic E-state index is 13.3. The number of hydrogen-bond donors (Lipinski definition) is 1. The van der Waals surface area contributed by atoms with Gasteiger partial charge in [0.05, 0.1) is 23.0 Å². The van der Waals surface area contributed by atoms with Crippen molar-refractivity contribution in [2.45, 2.75) is 12.7 Å². The zero-order valence-electron chi connectivity index (χ0n) is 15.4. The van der Waals surface area contributed by atoms with E-state index in [1.807, 2.05) is 0 Å². The van der Waals surface area contributed by atoms with Gasteiger partial charge in [-0.25, -0.2) is 14.1 Å². The molecule has 0 aliphatic carbocycles. The van der Waals surface area contributed by atoms with Crippen LogP contribution >= 0.6 is 0 Å². The third-order valence-corrected chi connectivity index (χ3v) is 4.60. The molecule has 0 aliphatic heterocycles. The van der Waals surface area contributed by atoms with Gasteiger partial charge in [0, 0.05) is 5.56 Å². The molecule has 8 heteroatoms. The summed E-state index contributed by atoms with van der Waals surface area (Å²) in [7, 11) is 0. The second kappa shape index (κ2) is 7.62. The van der Waals surface area contributed by atoms with Crippen LogP contribution in [-0.4, -0.2) is 9.66 Å². The predicted octanol–water partition coefficient (Wildman–Crippen LogP) is 4.97. The number of alkyl halides is 3. The summed E-state index contributed by atoms with van der Waals surface area (Å²) >= 11 is 0. The first-order valence-electron chi connectivity index (χ1n) is 9.01. The van der Waals surface area contributed by atoms with Crippen molar-refractivity contribution in [2.75, 3.05) is 5.43 Å². The van der Waals surface area contributed by atoms with E-state index in [2.05, 4.69) is 10.4 Å². The summed E-state index contributed by atoms with van der Waals surface area (Å²) < 4.78 is 52.8. The maximum Gasteiger partial charge on any atom is 0.416 e. The highest BCUT2D eigenvalue weighted by Crippen LogP contribution is 2.29. The number of aromatic nitrogens is 2. The van der Waals surface area contributed by atoms with Gasteiger partial charge in [0.15, 0.2) is 5.82 Å². The average Bonchev–Trinajstić information content (AvgIpc) is 2.73. The molecule has 30 heavy (non-hydrogen) atoms. The van der Waals surface area contributed by atoms with Crippen LogP contribution in [0, 0.1) is 5.82 Å². The van der Waals surface area contributed by atoms with E-state index in [-0.39, 0.29) is 17.9 Å². The normalized spacial score (nSPS) is 11.6. The minimum atomic E-state index is -4.42. The first-order valence-corrected chi connectivity index (χ1v) is 9.01. The fourth-order valence-corrected chi connectivity index (χ4v) is 3.05. The fourth-order valence-electron chi connectivity index (χ4n) is 3.05. The molecule has 0 unspecified atom stereocenters. The monoisotopic (exact) mass is 413 g/mol. The van der Waals surface area contributed by atoms with Gasteiger partial charge in [0.25, 0.3) is 5.56 Å². The quantitative estimate of drug-likeness (QED) is 0.481. The molecule has 1 N–H and O–H groups in total. The number of fused-ring (bicyclic) bond motifs is 1. The summed E-state index contributed by atoms with van der Waals surface area (Å²) in [5, 5.41) is 0.378. The number of nitrogens with zero attached hydrogens (tertiary/aromatic N) is 2. The van der Waals surface area contributed by atoms with Gasteiger partial charge in [-0.2, -0.15) is 13.2 Å². The van der Waals surface area contributed by atoms with Crippen molar-refractivity contribution in [3.8, 4) is 11.4 Å². The van der Waals surface area contributed by atoms with Crippen LogP contribution in [0.5, 0.6) is 0 Å². The molecule has 0 aliphatic rings. The van der Waals surface area contributed by atoms with Crippen LogP contribution in [0.1, 0.15) is 11.1 Å². The largest absolute Gasteiger partial charge is 0.416 e. The molecule has 0 bridgehead atoms. The molecule has 0 atom stereocenters. The van der Waals surface area contributed by atoms with Crippen molar-refractivity contribution in [3.63, 3.8) is 0 Å². The second-order valence-electron chi connectivity index (χ2n) is 6.63. The number of nitrogens with one attached hydrogen (secondary N) is 1. The van der Waals surface area contributed by atoms with E-state index in [4.69, 9.17) is 0 Å². The van der Waals surface area contributed by atoms with Crippen LogP contribution in [0.25, 0.3) is 22.3 Å². The van der Waals surface area contributed by atoms with Gasteiger partial charge in [-0.05, 0) is 54.1 Å². The molecule has 0 spiro atoms. The third-order valence-electron chi connectivity index (χ3n) is 4.60. The van der Waals surface area contributed by atoms with E-state index in [1.54, 1.807) is 24.3 Å². The van der Waals surface area contributed by atoms with Gasteiger partial charge in [-0.1, -0.05) is 24.3 Å². The average molecular weight is 413 g/mol. The lowest BCUT2D eigenvalue weighted by atomic mass is 10.1. The van der Waals surface area contributed by atoms with E-state index in [0.717, 1.165) is 12.1 Å². The molecule has 0 radical (unpaired) electrons. The lowest BCUT2D eigenvalue weighted by molar-refractivity contribution is -0.137. The molecule has 0 saturated heterocycles. The third kappa shape index (κ3) is 3.89. The summed E-state index contributed by atoms with van der Waals surface area (Å²) in [4.78, 5) is 17.6. The predicted molar refractivity (Wildman–Crippen MR) is 106 cm³/mol. The van der Waals surface area contributed by atoms with Gasteiger partial charge in [-0.3, -0.25) is 4.79 Å². The molecular weight excluding hydrogens is 398 g/mol. The summed E-state index contributed by atoms with van der Waals surface area (Å²) in [6.45, 7) is 0.0895. The van der Waals surface area contributed by atoms with Crippen molar-refractivity contribution in [1.82, 2.24) is 9.66 Å². The van der Waals surface area contributed by atoms with E-state index >= 15 is 0 Å². The summed E-state index contributed by atoms with van der Waals surface area (Å²) in [6, 6.07) is 17.0. The van der Waals surface area contributed by atoms with Gasteiger partial charge in [0.1, 0.15) is 5.82 Å². The van der Waals surface area contributed by atoms with Crippen LogP contribution in [0.2, 0.25) is 0 Å². The number of hydrogen-bond acceptors (Lipinski definition) is 3. The van der Waals surface area contributed by atoms with Crippen LogP contribution in [0.3, 0.4) is 0 Å². The van der Waals surface area contributed by atoms with Crippen LogP contribution in [0.4, 0.5) is 17.6 Å². The van der Waals surface area contributed by atoms with E-state index in [1.165, 1.54) is 41.1 Å². The van der Waals surface area contributed by atoms with Crippen LogP contribution in [0.15, 0.2) is 77.6 Å². The summed E-state index contributed by atoms with van der Waals surface area (Å²) in [5.74, 6) is -0.156. The highest BCUT2D eigenvalue weighted by molar-refractivity contribution is 5.79. The fraction of sp³-hybridized carbons (Fsp3) is 0.0909. The summed E-state index contributed by atoms with van der Waals surface area (Å²) in [5.41, 5.74) is 3.36. The summed E-state index contributed by atoms with van der Waals surface area (Å²) in [6.07, 6.45) is -4.42. The molecule has 4 nitrogen and oxygen atoms in total. The SMILES string of the molecule is O=c1c2ccccc2nc(-c2ccc(F)cc2)n1NCc1ccc(C(F)(F)F)cc1. The minimum Gasteiger partial charge on any atom is -0.317 e. The van der Waals surface area contributed by atoms with Crippen molar-refractivity contribution in [3.05, 3.63) is 100 Å². The van der Waals surface area contributed by atoms with Crippen molar-refractivity contribution < 1.29 is 17.6 Å². The van der Waals surface area contributed by atoms with Crippen LogP contribution in [-0.2, 0) is 12.7 Å². The first-order chi connectivity index (χ1) is 14.3. The Morgan fingerprint density at radius 3 is 2.23 bits per heavy atom. The van der Waals surface area contributed by atoms with Crippen LogP contribution < -0.4 is 11.0 Å². The molecular formula is C22H15F4N3O. The first kappa shape index (κ1) is 19.6. The van der Waals surface area contributed by atoms with Crippen molar-refractivity contribution in [2.24, 2.45) is 0 Å². The number of para-hydroxylation sites is 1. The molecule has 1 heterocycles. The maximum atomic E-state index is 13.3. The zero-order chi connectivity index (χ0) is 21.3. The van der Waals surface area contributed by atoms with Gasteiger partial charge >= 0.3 is 6.18 Å². The standard InChI is InChI=1S/C22H15F4N3O/c23-17-11-7-15(8-12-17)20-28-19-4-2-1-3-18(19)21(30)29(20)27-13-14-5-9-16(10-6-14)22(24,25)26/h1-12,27H,13H2. The number of benzene rings is 3. The molecule has 3 aromatic carbocycles. The van der Waals surface area contributed by atoms with Crippen molar-refractivity contribution >= 4 is 10.9 Å². The molecule has 4 aromatic rings. The highest BCUT2D eigenvalue weighted by Gasteiger charge is 2.29. The Bertz CT molecular complexity index is 1250. The Morgan fingerprint density at radius 1 is 0.900 bits per heavy atom. The lowest BCUT2D eigenvalue weighted by Crippen LogP contribution is -2.31. The Balaban J connectivity index is 1.73. The molecule has 0 fully saturated rings. The van der Waals surface area contributed by atoms with Gasteiger partial charge in [-0.15, -0.1) is 0 Å². The Morgan fingerprint density at radius 2 is 1.57 bits per heavy atom. The molecule has 0 amide bonds. The minimum absolute atomic E-state index is 0.0895. The van der Waals surface area contributed by atoms with E-state index in [9.17, 15) is 22.4 Å². The zero-order valence-corrected chi connectivity index (χ0v) is 15.4. The molecule has 1 aromatic heterocycles. The smallest absolute Gasteiger partial charge is 0.317 e. The van der Waals surface area contributed by atoms with Gasteiger partial charge in [0.2, 0.25) is 0 Å². The number of rotatable bonds is 4. The lowest BCUT2D eigenvalue weighted by Gasteiger charge is -2.16. The van der Waals surface area contributed by atoms with E-state index < -0.39 is 17.6 Å². The Labute approximate surface area is 168 Å². The second-order valence-corrected chi connectivity index (χ2v) is 6.63. The van der Waals surface area contributed by atoms with Crippen molar-refractivity contribution in [1.29, 1.82) is 0 Å². The highest BCUT2D eigenvalue weighted by atomic mass is 19.4. The van der Waals surface area contributed by atoms with Gasteiger partial charge < -0.3 is 5.43 Å². The molecule has 4 rings (SSSR count). The topological polar surface area (TPSA) is 46.9 Å². The molecule has 152 valence electrons. The Kier molecular flexibility index (Phi) is 4.99.